The smallest absolute Gasteiger partial charge is 0.249 e. The van der Waals surface area contributed by atoms with Crippen LogP contribution >= 0.6 is 0 Å². The highest BCUT2D eigenvalue weighted by molar-refractivity contribution is 5.82. The summed E-state index contributed by atoms with van der Waals surface area (Å²) in [7, 11) is 1.59. The van der Waals surface area contributed by atoms with E-state index in [1.807, 2.05) is 24.3 Å². The van der Waals surface area contributed by atoms with Crippen molar-refractivity contribution < 1.29 is 24.5 Å². The molecule has 0 unspecified atom stereocenters. The van der Waals surface area contributed by atoms with Crippen molar-refractivity contribution in [2.45, 2.75) is 32.9 Å². The molecular formula is C17H26N2O5. The number of methoxy groups -OCH3 is 1. The fraction of sp³-hybridized carbons (Fsp3) is 0.529. The van der Waals surface area contributed by atoms with Crippen LogP contribution in [0.3, 0.4) is 0 Å². The highest BCUT2D eigenvalue weighted by Crippen LogP contribution is 2.19. The molecule has 1 aromatic carbocycles. The molecule has 0 aliphatic carbocycles. The molecule has 7 nitrogen and oxygen atoms in total. The van der Waals surface area contributed by atoms with Gasteiger partial charge in [-0.3, -0.25) is 9.59 Å². The minimum absolute atomic E-state index is 0.105. The first-order valence-corrected chi connectivity index (χ1v) is 7.76. The Labute approximate surface area is 142 Å². The SMILES string of the molecule is COc1ccc(CNC(=O)CCNC(=O)[C@H](O)C(C)(C)CO)cc1. The Morgan fingerprint density at radius 2 is 1.83 bits per heavy atom. The quantitative estimate of drug-likeness (QED) is 0.514. The third-order valence-corrected chi connectivity index (χ3v) is 3.70. The molecule has 0 radical (unpaired) electrons. The van der Waals surface area contributed by atoms with Crippen molar-refractivity contribution in [3.63, 3.8) is 0 Å². The summed E-state index contributed by atoms with van der Waals surface area (Å²) in [4.78, 5) is 23.5. The van der Waals surface area contributed by atoms with Gasteiger partial charge >= 0.3 is 0 Å². The number of amides is 2. The molecule has 0 aliphatic heterocycles. The number of aliphatic hydroxyl groups excluding tert-OH is 2. The fourth-order valence-corrected chi connectivity index (χ4v) is 1.87. The number of carbonyl (C=O) groups excluding carboxylic acids is 2. The van der Waals surface area contributed by atoms with Crippen molar-refractivity contribution >= 4 is 11.8 Å². The molecule has 0 bridgehead atoms. The van der Waals surface area contributed by atoms with Crippen molar-refractivity contribution in [2.75, 3.05) is 20.3 Å². The molecule has 0 saturated heterocycles. The number of hydrogen-bond acceptors (Lipinski definition) is 5. The monoisotopic (exact) mass is 338 g/mol. The summed E-state index contributed by atoms with van der Waals surface area (Å²) in [5.41, 5.74) is 0.00839. The molecule has 0 fully saturated rings. The molecule has 0 aliphatic rings. The lowest BCUT2D eigenvalue weighted by Crippen LogP contribution is -2.46. The number of carbonyl (C=O) groups is 2. The van der Waals surface area contributed by atoms with Gasteiger partial charge in [0.15, 0.2) is 0 Å². The molecule has 1 atom stereocenters. The predicted molar refractivity (Wildman–Crippen MR) is 89.3 cm³/mol. The maximum absolute atomic E-state index is 11.8. The van der Waals surface area contributed by atoms with Crippen molar-refractivity contribution in [1.82, 2.24) is 10.6 Å². The fourth-order valence-electron chi connectivity index (χ4n) is 1.87. The second kappa shape index (κ2) is 9.24. The van der Waals surface area contributed by atoms with Crippen molar-refractivity contribution in [3.8, 4) is 5.75 Å². The van der Waals surface area contributed by atoms with Gasteiger partial charge in [-0.15, -0.1) is 0 Å². The van der Waals surface area contributed by atoms with Crippen molar-refractivity contribution in [2.24, 2.45) is 5.41 Å². The van der Waals surface area contributed by atoms with Gasteiger partial charge in [0.1, 0.15) is 11.9 Å². The number of rotatable bonds is 9. The van der Waals surface area contributed by atoms with Crippen molar-refractivity contribution in [1.29, 1.82) is 0 Å². The third kappa shape index (κ3) is 6.17. The van der Waals surface area contributed by atoms with E-state index in [0.29, 0.717) is 6.54 Å². The van der Waals surface area contributed by atoms with Gasteiger partial charge in [0.2, 0.25) is 11.8 Å². The standard InChI is InChI=1S/C17H26N2O5/c1-17(2,11-20)15(22)16(23)18-9-8-14(21)19-10-12-4-6-13(24-3)7-5-12/h4-7,15,20,22H,8-11H2,1-3H3,(H,18,23)(H,19,21)/t15-/m0/s1. The second-order valence-corrected chi connectivity index (χ2v) is 6.22. The lowest BCUT2D eigenvalue weighted by Gasteiger charge is -2.27. The van der Waals surface area contributed by atoms with Crippen LogP contribution in [0.5, 0.6) is 5.75 Å². The van der Waals surface area contributed by atoms with Crippen LogP contribution in [-0.4, -0.2) is 48.4 Å². The van der Waals surface area contributed by atoms with Crippen LogP contribution in [0.4, 0.5) is 0 Å². The number of nitrogens with one attached hydrogen (secondary N) is 2. The van der Waals surface area contributed by atoms with E-state index in [9.17, 15) is 14.7 Å². The van der Waals surface area contributed by atoms with Crippen LogP contribution in [0, 0.1) is 5.41 Å². The Hall–Kier alpha value is -2.12. The van der Waals surface area contributed by atoms with Gasteiger partial charge in [-0.2, -0.15) is 0 Å². The number of benzene rings is 1. The predicted octanol–water partition coefficient (Wildman–Crippen LogP) is 0.197. The Kier molecular flexibility index (Phi) is 7.67. The summed E-state index contributed by atoms with van der Waals surface area (Å²) in [6.07, 6.45) is -1.22. The topological polar surface area (TPSA) is 108 Å². The largest absolute Gasteiger partial charge is 0.497 e. The van der Waals surface area contributed by atoms with E-state index in [1.165, 1.54) is 0 Å². The lowest BCUT2D eigenvalue weighted by molar-refractivity contribution is -0.137. The average Bonchev–Trinajstić information content (AvgIpc) is 2.59. The van der Waals surface area contributed by atoms with Gasteiger partial charge in [-0.05, 0) is 17.7 Å². The third-order valence-electron chi connectivity index (χ3n) is 3.70. The first kappa shape index (κ1) is 19.9. The summed E-state index contributed by atoms with van der Waals surface area (Å²) >= 11 is 0. The van der Waals surface area contributed by atoms with Crippen LogP contribution in [0.1, 0.15) is 25.8 Å². The molecule has 0 spiro atoms. The lowest BCUT2D eigenvalue weighted by atomic mass is 9.87. The molecule has 0 saturated carbocycles. The molecule has 134 valence electrons. The van der Waals surface area contributed by atoms with E-state index in [4.69, 9.17) is 9.84 Å². The molecule has 2 amide bonds. The van der Waals surface area contributed by atoms with E-state index >= 15 is 0 Å². The minimum Gasteiger partial charge on any atom is -0.497 e. The molecule has 0 aromatic heterocycles. The molecule has 7 heteroatoms. The molecular weight excluding hydrogens is 312 g/mol. The molecule has 4 N–H and O–H groups in total. The summed E-state index contributed by atoms with van der Waals surface area (Å²) in [6, 6.07) is 7.33. The zero-order valence-corrected chi connectivity index (χ0v) is 14.3. The van der Waals surface area contributed by atoms with Crippen LogP contribution in [-0.2, 0) is 16.1 Å². The van der Waals surface area contributed by atoms with Crippen LogP contribution in [0.25, 0.3) is 0 Å². The highest BCUT2D eigenvalue weighted by atomic mass is 16.5. The van der Waals surface area contributed by atoms with Gasteiger partial charge in [0.05, 0.1) is 13.7 Å². The van der Waals surface area contributed by atoms with E-state index in [-0.39, 0.29) is 25.5 Å². The Morgan fingerprint density at radius 1 is 1.21 bits per heavy atom. The summed E-state index contributed by atoms with van der Waals surface area (Å²) < 4.78 is 5.06. The second-order valence-electron chi connectivity index (χ2n) is 6.22. The summed E-state index contributed by atoms with van der Waals surface area (Å²) in [5, 5.41) is 24.2. The highest BCUT2D eigenvalue weighted by Gasteiger charge is 2.32. The van der Waals surface area contributed by atoms with Crippen molar-refractivity contribution in [3.05, 3.63) is 29.8 Å². The maximum Gasteiger partial charge on any atom is 0.249 e. The number of ether oxygens (including phenoxy) is 1. The maximum atomic E-state index is 11.8. The molecule has 1 aromatic rings. The average molecular weight is 338 g/mol. The zero-order chi connectivity index (χ0) is 18.2. The van der Waals surface area contributed by atoms with E-state index in [2.05, 4.69) is 10.6 Å². The van der Waals surface area contributed by atoms with Gasteiger partial charge in [0, 0.05) is 24.9 Å². The zero-order valence-electron chi connectivity index (χ0n) is 14.3. The Morgan fingerprint density at radius 3 is 2.38 bits per heavy atom. The molecule has 1 rings (SSSR count). The molecule has 24 heavy (non-hydrogen) atoms. The van der Waals surface area contributed by atoms with Crippen LogP contribution < -0.4 is 15.4 Å². The van der Waals surface area contributed by atoms with Gasteiger partial charge in [0.25, 0.3) is 0 Å². The van der Waals surface area contributed by atoms with E-state index in [0.717, 1.165) is 11.3 Å². The normalized spacial score (nSPS) is 12.4. The van der Waals surface area contributed by atoms with Gasteiger partial charge < -0.3 is 25.6 Å². The Bertz CT molecular complexity index is 542. The number of hydrogen-bond donors (Lipinski definition) is 4. The number of aliphatic hydroxyl groups is 2. The van der Waals surface area contributed by atoms with Crippen LogP contribution in [0.15, 0.2) is 24.3 Å². The van der Waals surface area contributed by atoms with E-state index < -0.39 is 17.4 Å². The van der Waals surface area contributed by atoms with E-state index in [1.54, 1.807) is 21.0 Å². The minimum atomic E-state index is -1.33. The van der Waals surface area contributed by atoms with Gasteiger partial charge in [-0.25, -0.2) is 0 Å². The summed E-state index contributed by atoms with van der Waals surface area (Å²) in [5.74, 6) is -0.0591. The Balaban J connectivity index is 2.29. The van der Waals surface area contributed by atoms with Gasteiger partial charge in [-0.1, -0.05) is 26.0 Å². The summed E-state index contributed by atoms with van der Waals surface area (Å²) in [6.45, 7) is 3.35. The van der Waals surface area contributed by atoms with Crippen LogP contribution in [0.2, 0.25) is 0 Å². The molecule has 0 heterocycles. The first-order valence-electron chi connectivity index (χ1n) is 7.76. The first-order chi connectivity index (χ1) is 11.3.